The third-order valence-electron chi connectivity index (χ3n) is 5.20. The Bertz CT molecular complexity index is 399. The third-order valence-corrected chi connectivity index (χ3v) is 5.20. The van der Waals surface area contributed by atoms with E-state index in [4.69, 9.17) is 10.2 Å². The minimum absolute atomic E-state index is 0.399. The molecule has 0 saturated heterocycles. The highest BCUT2D eigenvalue weighted by molar-refractivity contribution is 5.00. The summed E-state index contributed by atoms with van der Waals surface area (Å²) in [5.74, 6) is 2.65. The summed E-state index contributed by atoms with van der Waals surface area (Å²) in [7, 11) is 0. The van der Waals surface area contributed by atoms with Gasteiger partial charge in [-0.2, -0.15) is 0 Å². The van der Waals surface area contributed by atoms with Crippen molar-refractivity contribution in [2.75, 3.05) is 6.54 Å². The van der Waals surface area contributed by atoms with Crippen molar-refractivity contribution in [3.8, 4) is 0 Å². The summed E-state index contributed by atoms with van der Waals surface area (Å²) in [6.45, 7) is 4.43. The molecule has 20 heavy (non-hydrogen) atoms. The molecule has 0 spiro atoms. The van der Waals surface area contributed by atoms with Gasteiger partial charge in [0.25, 0.3) is 0 Å². The molecule has 3 unspecified atom stereocenters. The number of rotatable bonds is 6. The minimum Gasteiger partial charge on any atom is -0.468 e. The van der Waals surface area contributed by atoms with Gasteiger partial charge in [0.15, 0.2) is 0 Å². The van der Waals surface area contributed by atoms with E-state index in [9.17, 15) is 0 Å². The first kappa shape index (κ1) is 14.2. The predicted molar refractivity (Wildman–Crippen MR) is 81.2 cm³/mol. The first-order valence-electron chi connectivity index (χ1n) is 8.28. The lowest BCUT2D eigenvalue weighted by Crippen LogP contribution is -2.43. The Balaban J connectivity index is 1.60. The van der Waals surface area contributed by atoms with Crippen LogP contribution in [0.4, 0.5) is 0 Å². The number of nitrogens with two attached hydrogens (primary N) is 1. The molecule has 3 rings (SSSR count). The number of hydrogen-bond acceptors (Lipinski definition) is 3. The number of furan rings is 1. The van der Waals surface area contributed by atoms with Gasteiger partial charge in [0, 0.05) is 18.6 Å². The van der Waals surface area contributed by atoms with Crippen LogP contribution in [0.25, 0.3) is 0 Å². The van der Waals surface area contributed by atoms with Crippen LogP contribution in [0.1, 0.15) is 51.2 Å². The maximum Gasteiger partial charge on any atom is 0.117 e. The normalized spacial score (nSPS) is 30.9. The average Bonchev–Trinajstić information content (AvgIpc) is 3.18. The molecule has 2 fully saturated rings. The molecule has 3 atom stereocenters. The standard InChI is InChI=1S/C17H28N2O/c1-2-13-5-8-17(18)14(10-13)11-19(15-6-7-15)12-16-4-3-9-20-16/h3-4,9,13-15,17H,2,5-8,10-12,18H2,1H3. The zero-order valence-electron chi connectivity index (χ0n) is 12.6. The smallest absolute Gasteiger partial charge is 0.117 e. The second-order valence-corrected chi connectivity index (χ2v) is 6.75. The molecule has 0 amide bonds. The summed E-state index contributed by atoms with van der Waals surface area (Å²) in [6.07, 6.45) is 9.64. The van der Waals surface area contributed by atoms with E-state index < -0.39 is 0 Å². The van der Waals surface area contributed by atoms with Crippen LogP contribution >= 0.6 is 0 Å². The van der Waals surface area contributed by atoms with Gasteiger partial charge in [-0.1, -0.05) is 13.3 Å². The molecule has 2 aliphatic rings. The second-order valence-electron chi connectivity index (χ2n) is 6.75. The first-order chi connectivity index (χ1) is 9.76. The van der Waals surface area contributed by atoms with Gasteiger partial charge in [-0.25, -0.2) is 0 Å². The van der Waals surface area contributed by atoms with Gasteiger partial charge in [0.05, 0.1) is 12.8 Å². The fourth-order valence-corrected chi connectivity index (χ4v) is 3.65. The van der Waals surface area contributed by atoms with E-state index in [2.05, 4.69) is 17.9 Å². The molecular weight excluding hydrogens is 248 g/mol. The van der Waals surface area contributed by atoms with Crippen molar-refractivity contribution < 1.29 is 4.42 Å². The Morgan fingerprint density at radius 1 is 1.30 bits per heavy atom. The first-order valence-corrected chi connectivity index (χ1v) is 8.28. The molecule has 1 aromatic rings. The van der Waals surface area contributed by atoms with Gasteiger partial charge in [-0.3, -0.25) is 4.90 Å². The highest BCUT2D eigenvalue weighted by Crippen LogP contribution is 2.34. The fourth-order valence-electron chi connectivity index (χ4n) is 3.65. The monoisotopic (exact) mass is 276 g/mol. The lowest BCUT2D eigenvalue weighted by atomic mass is 9.77. The lowest BCUT2D eigenvalue weighted by molar-refractivity contribution is 0.137. The van der Waals surface area contributed by atoms with Gasteiger partial charge in [-0.15, -0.1) is 0 Å². The van der Waals surface area contributed by atoms with E-state index in [1.165, 1.54) is 38.5 Å². The third kappa shape index (κ3) is 3.44. The molecule has 1 heterocycles. The van der Waals surface area contributed by atoms with Crippen LogP contribution in [0.5, 0.6) is 0 Å². The Hall–Kier alpha value is -0.800. The zero-order chi connectivity index (χ0) is 13.9. The Kier molecular flexibility index (Phi) is 4.47. The molecule has 2 saturated carbocycles. The van der Waals surface area contributed by atoms with Crippen LogP contribution in [0.3, 0.4) is 0 Å². The molecular formula is C17H28N2O. The van der Waals surface area contributed by atoms with Gasteiger partial charge >= 0.3 is 0 Å². The summed E-state index contributed by atoms with van der Waals surface area (Å²) >= 11 is 0. The summed E-state index contributed by atoms with van der Waals surface area (Å²) in [4.78, 5) is 2.61. The maximum absolute atomic E-state index is 6.39. The number of hydrogen-bond donors (Lipinski definition) is 1. The van der Waals surface area contributed by atoms with Crippen molar-refractivity contribution in [2.24, 2.45) is 17.6 Å². The minimum atomic E-state index is 0.399. The lowest BCUT2D eigenvalue weighted by Gasteiger charge is -2.37. The topological polar surface area (TPSA) is 42.4 Å². The fraction of sp³-hybridized carbons (Fsp3) is 0.765. The van der Waals surface area contributed by atoms with E-state index in [0.717, 1.165) is 30.8 Å². The molecule has 0 aromatic carbocycles. The van der Waals surface area contributed by atoms with Gasteiger partial charge in [0.1, 0.15) is 5.76 Å². The van der Waals surface area contributed by atoms with Crippen LogP contribution in [-0.2, 0) is 6.54 Å². The average molecular weight is 276 g/mol. The van der Waals surface area contributed by atoms with Gasteiger partial charge in [-0.05, 0) is 56.1 Å². The molecule has 0 bridgehead atoms. The Morgan fingerprint density at radius 3 is 2.80 bits per heavy atom. The van der Waals surface area contributed by atoms with E-state index >= 15 is 0 Å². The molecule has 0 radical (unpaired) electrons. The highest BCUT2D eigenvalue weighted by atomic mass is 16.3. The Labute approximate surface area is 122 Å². The van der Waals surface area contributed by atoms with Crippen molar-refractivity contribution >= 4 is 0 Å². The molecule has 2 N–H and O–H groups in total. The highest BCUT2D eigenvalue weighted by Gasteiger charge is 2.34. The van der Waals surface area contributed by atoms with E-state index in [1.54, 1.807) is 6.26 Å². The molecule has 0 aliphatic heterocycles. The van der Waals surface area contributed by atoms with Crippen molar-refractivity contribution in [1.82, 2.24) is 4.90 Å². The van der Waals surface area contributed by atoms with E-state index in [0.29, 0.717) is 12.0 Å². The Morgan fingerprint density at radius 2 is 2.15 bits per heavy atom. The van der Waals surface area contributed by atoms with Crippen molar-refractivity contribution in [3.63, 3.8) is 0 Å². The van der Waals surface area contributed by atoms with Gasteiger partial charge in [0.2, 0.25) is 0 Å². The van der Waals surface area contributed by atoms with Crippen LogP contribution in [0.15, 0.2) is 22.8 Å². The zero-order valence-corrected chi connectivity index (χ0v) is 12.6. The van der Waals surface area contributed by atoms with Gasteiger partial charge < -0.3 is 10.2 Å². The second kappa shape index (κ2) is 6.31. The van der Waals surface area contributed by atoms with Crippen molar-refractivity contribution in [1.29, 1.82) is 0 Å². The summed E-state index contributed by atoms with van der Waals surface area (Å²) < 4.78 is 5.53. The summed E-state index contributed by atoms with van der Waals surface area (Å²) in [5, 5.41) is 0. The van der Waals surface area contributed by atoms with Crippen molar-refractivity contribution in [3.05, 3.63) is 24.2 Å². The van der Waals surface area contributed by atoms with Crippen molar-refractivity contribution in [2.45, 2.75) is 64.1 Å². The molecule has 2 aliphatic carbocycles. The predicted octanol–water partition coefficient (Wildman–Crippen LogP) is 3.40. The number of nitrogens with zero attached hydrogens (tertiary/aromatic N) is 1. The summed E-state index contributed by atoms with van der Waals surface area (Å²) in [5.41, 5.74) is 6.39. The van der Waals surface area contributed by atoms with Crippen LogP contribution in [0, 0.1) is 11.8 Å². The van der Waals surface area contributed by atoms with Crippen LogP contribution in [0.2, 0.25) is 0 Å². The SMILES string of the molecule is CCC1CCC(N)C(CN(Cc2ccco2)C2CC2)C1. The quantitative estimate of drug-likeness (QED) is 0.866. The van der Waals surface area contributed by atoms with Crippen LogP contribution in [-0.4, -0.2) is 23.5 Å². The van der Waals surface area contributed by atoms with E-state index in [1.807, 2.05) is 6.07 Å². The largest absolute Gasteiger partial charge is 0.468 e. The maximum atomic E-state index is 6.39. The molecule has 3 heteroatoms. The van der Waals surface area contributed by atoms with E-state index in [-0.39, 0.29) is 0 Å². The molecule has 3 nitrogen and oxygen atoms in total. The molecule has 1 aromatic heterocycles. The molecule has 112 valence electrons. The summed E-state index contributed by atoms with van der Waals surface area (Å²) in [6, 6.07) is 5.25. The van der Waals surface area contributed by atoms with Crippen LogP contribution < -0.4 is 5.73 Å².